The molecule has 1 aromatic heterocycles. The number of hydrogen-bond donors (Lipinski definition) is 1. The summed E-state index contributed by atoms with van der Waals surface area (Å²) in [6, 6.07) is 0.323. The molecule has 1 N–H and O–H groups in total. The van der Waals surface area contributed by atoms with Crippen LogP contribution in [0.25, 0.3) is 0 Å². The highest BCUT2D eigenvalue weighted by atomic mass is 79.9. The van der Waals surface area contributed by atoms with Crippen LogP contribution in [0.1, 0.15) is 19.8 Å². The Labute approximate surface area is 133 Å². The van der Waals surface area contributed by atoms with E-state index >= 15 is 0 Å². The quantitative estimate of drug-likeness (QED) is 0.865. The van der Waals surface area contributed by atoms with E-state index in [1.807, 2.05) is 19.0 Å². The third-order valence-electron chi connectivity index (χ3n) is 3.59. The van der Waals surface area contributed by atoms with Gasteiger partial charge >= 0.3 is 0 Å². The molecule has 6 nitrogen and oxygen atoms in total. The third kappa shape index (κ3) is 4.52. The Balaban J connectivity index is 2.07. The fourth-order valence-corrected chi connectivity index (χ4v) is 2.79. The Bertz CT molecular complexity index is 532. The number of nitrogens with zero attached hydrogens (tertiary/aromatic N) is 3. The molecule has 2 rings (SSSR count). The van der Waals surface area contributed by atoms with Crippen molar-refractivity contribution in [3.05, 3.63) is 21.0 Å². The van der Waals surface area contributed by atoms with Crippen LogP contribution < -0.4 is 10.9 Å². The van der Waals surface area contributed by atoms with Gasteiger partial charge in [0.25, 0.3) is 5.56 Å². The predicted molar refractivity (Wildman–Crippen MR) is 86.8 cm³/mol. The maximum atomic E-state index is 12.3. The first kappa shape index (κ1) is 16.5. The van der Waals surface area contributed by atoms with Gasteiger partial charge in [0.1, 0.15) is 4.47 Å². The van der Waals surface area contributed by atoms with E-state index < -0.39 is 0 Å². The highest BCUT2D eigenvalue weighted by Crippen LogP contribution is 2.22. The van der Waals surface area contributed by atoms with Gasteiger partial charge < -0.3 is 15.0 Å². The van der Waals surface area contributed by atoms with Crippen LogP contribution in [-0.4, -0.2) is 54.1 Å². The summed E-state index contributed by atoms with van der Waals surface area (Å²) in [7, 11) is 3.95. The minimum atomic E-state index is -0.0954. The molecule has 21 heavy (non-hydrogen) atoms. The first-order valence-electron chi connectivity index (χ1n) is 7.26. The fourth-order valence-electron chi connectivity index (χ4n) is 2.37. The number of halogens is 1. The zero-order valence-corrected chi connectivity index (χ0v) is 14.4. The maximum Gasteiger partial charge on any atom is 0.283 e. The second-order valence-corrected chi connectivity index (χ2v) is 6.54. The molecule has 1 aliphatic rings. The van der Waals surface area contributed by atoms with Crippen molar-refractivity contribution in [1.29, 1.82) is 0 Å². The summed E-state index contributed by atoms with van der Waals surface area (Å²) in [5.41, 5.74) is 0.669. The number of aromatic nitrogens is 2. The van der Waals surface area contributed by atoms with Crippen molar-refractivity contribution in [2.45, 2.75) is 38.5 Å². The molecule has 0 saturated carbocycles. The fraction of sp³-hybridized carbons (Fsp3) is 0.714. The van der Waals surface area contributed by atoms with Gasteiger partial charge in [-0.05, 0) is 49.8 Å². The van der Waals surface area contributed by atoms with Gasteiger partial charge in [-0.3, -0.25) is 4.79 Å². The number of hydrogen-bond acceptors (Lipinski definition) is 5. The molecule has 1 fully saturated rings. The summed E-state index contributed by atoms with van der Waals surface area (Å²) in [6.45, 7) is 4.19. The van der Waals surface area contributed by atoms with Crippen molar-refractivity contribution in [2.75, 3.05) is 32.6 Å². The first-order chi connectivity index (χ1) is 9.97. The largest absolute Gasteiger partial charge is 0.380 e. The Morgan fingerprint density at radius 2 is 2.33 bits per heavy atom. The van der Waals surface area contributed by atoms with Crippen LogP contribution >= 0.6 is 15.9 Å². The van der Waals surface area contributed by atoms with Crippen LogP contribution in [0.4, 0.5) is 5.69 Å². The van der Waals surface area contributed by atoms with Crippen molar-refractivity contribution in [3.63, 3.8) is 0 Å². The van der Waals surface area contributed by atoms with Crippen LogP contribution in [0.3, 0.4) is 0 Å². The second-order valence-electron chi connectivity index (χ2n) is 5.75. The van der Waals surface area contributed by atoms with Crippen LogP contribution in [0, 0.1) is 0 Å². The van der Waals surface area contributed by atoms with Crippen LogP contribution in [-0.2, 0) is 11.3 Å². The average Bonchev–Trinajstić information content (AvgIpc) is 2.43. The third-order valence-corrected chi connectivity index (χ3v) is 4.36. The summed E-state index contributed by atoms with van der Waals surface area (Å²) >= 11 is 3.40. The summed E-state index contributed by atoms with van der Waals surface area (Å²) < 4.78 is 7.57. The van der Waals surface area contributed by atoms with Gasteiger partial charge in [0.15, 0.2) is 0 Å². The van der Waals surface area contributed by atoms with E-state index in [1.165, 1.54) is 4.68 Å². The minimum absolute atomic E-state index is 0.0954. The molecule has 0 amide bonds. The number of ether oxygens (including phenoxy) is 1. The number of anilines is 1. The number of likely N-dealkylation sites (N-methyl/N-ethyl adjacent to an activating group) is 1. The zero-order chi connectivity index (χ0) is 15.4. The van der Waals surface area contributed by atoms with E-state index in [-0.39, 0.29) is 11.7 Å². The maximum absolute atomic E-state index is 12.3. The molecule has 1 aliphatic heterocycles. The van der Waals surface area contributed by atoms with Gasteiger partial charge in [0.2, 0.25) is 0 Å². The van der Waals surface area contributed by atoms with Gasteiger partial charge in [0, 0.05) is 19.2 Å². The molecule has 2 heterocycles. The molecular weight excluding hydrogens is 336 g/mol. The Morgan fingerprint density at radius 3 is 3.00 bits per heavy atom. The van der Waals surface area contributed by atoms with Crippen molar-refractivity contribution in [1.82, 2.24) is 14.7 Å². The monoisotopic (exact) mass is 358 g/mol. The lowest BCUT2D eigenvalue weighted by Crippen LogP contribution is -2.34. The lowest BCUT2D eigenvalue weighted by molar-refractivity contribution is 0.0232. The molecule has 0 radical (unpaired) electrons. The van der Waals surface area contributed by atoms with E-state index in [4.69, 9.17) is 4.74 Å². The average molecular weight is 359 g/mol. The van der Waals surface area contributed by atoms with Crippen molar-refractivity contribution in [2.24, 2.45) is 0 Å². The van der Waals surface area contributed by atoms with E-state index in [2.05, 4.69) is 33.3 Å². The lowest BCUT2D eigenvalue weighted by Gasteiger charge is -2.28. The number of rotatable bonds is 5. The van der Waals surface area contributed by atoms with E-state index in [0.29, 0.717) is 17.1 Å². The van der Waals surface area contributed by atoms with Crippen molar-refractivity contribution in [3.8, 4) is 0 Å². The smallest absolute Gasteiger partial charge is 0.283 e. The summed E-state index contributed by atoms with van der Waals surface area (Å²) in [6.07, 6.45) is 3.86. The van der Waals surface area contributed by atoms with E-state index in [9.17, 15) is 4.79 Å². The summed E-state index contributed by atoms with van der Waals surface area (Å²) in [4.78, 5) is 14.3. The van der Waals surface area contributed by atoms with Crippen LogP contribution in [0.2, 0.25) is 0 Å². The molecule has 2 atom stereocenters. The minimum Gasteiger partial charge on any atom is -0.380 e. The van der Waals surface area contributed by atoms with Gasteiger partial charge in [-0.1, -0.05) is 0 Å². The van der Waals surface area contributed by atoms with Crippen LogP contribution in [0.15, 0.2) is 15.5 Å². The van der Waals surface area contributed by atoms with Crippen molar-refractivity contribution >= 4 is 21.6 Å². The molecule has 0 aliphatic carbocycles. The first-order valence-corrected chi connectivity index (χ1v) is 8.05. The lowest BCUT2D eigenvalue weighted by atomic mass is 10.0. The molecule has 0 spiro atoms. The molecule has 1 saturated heterocycles. The molecule has 1 aromatic rings. The Hall–Kier alpha value is -0.920. The van der Waals surface area contributed by atoms with Gasteiger partial charge in [-0.15, -0.1) is 0 Å². The SMILES string of the molecule is CC1CC(Nc2cnn(CCN(C)C)c(=O)c2Br)CCO1. The van der Waals surface area contributed by atoms with Gasteiger partial charge in [-0.25, -0.2) is 4.68 Å². The number of nitrogens with one attached hydrogen (secondary N) is 1. The summed E-state index contributed by atoms with van der Waals surface area (Å²) in [5, 5.41) is 7.65. The molecular formula is C14H23BrN4O2. The molecule has 0 aromatic carbocycles. The van der Waals surface area contributed by atoms with Crippen LogP contribution in [0.5, 0.6) is 0 Å². The van der Waals surface area contributed by atoms with E-state index in [1.54, 1.807) is 6.20 Å². The van der Waals surface area contributed by atoms with Crippen molar-refractivity contribution < 1.29 is 4.74 Å². The van der Waals surface area contributed by atoms with Gasteiger partial charge in [0.05, 0.1) is 24.5 Å². The Kier molecular flexibility index (Phi) is 5.78. The van der Waals surface area contributed by atoms with Gasteiger partial charge in [-0.2, -0.15) is 5.10 Å². The Morgan fingerprint density at radius 1 is 1.57 bits per heavy atom. The standard InChI is InChI=1S/C14H23BrN4O2/c1-10-8-11(4-7-21-10)17-12-9-16-19(6-5-18(2)3)14(20)13(12)15/h9-11,17H,4-8H2,1-3H3. The molecule has 7 heteroatoms. The summed E-state index contributed by atoms with van der Waals surface area (Å²) in [5.74, 6) is 0. The predicted octanol–water partition coefficient (Wildman–Crippen LogP) is 1.55. The highest BCUT2D eigenvalue weighted by molar-refractivity contribution is 9.10. The zero-order valence-electron chi connectivity index (χ0n) is 12.8. The molecule has 2 unspecified atom stereocenters. The molecule has 0 bridgehead atoms. The van der Waals surface area contributed by atoms with E-state index in [0.717, 1.165) is 31.7 Å². The second kappa shape index (κ2) is 7.38. The highest BCUT2D eigenvalue weighted by Gasteiger charge is 2.20. The topological polar surface area (TPSA) is 59.4 Å². The normalized spacial score (nSPS) is 22.5. The molecule has 118 valence electrons.